The summed E-state index contributed by atoms with van der Waals surface area (Å²) in [5.74, 6) is -8.61. The summed E-state index contributed by atoms with van der Waals surface area (Å²) in [5.41, 5.74) is 0. The molecule has 0 aromatic heterocycles. The van der Waals surface area contributed by atoms with E-state index in [1.807, 2.05) is 0 Å². The highest BCUT2D eigenvalue weighted by atomic mass is 19.4. The van der Waals surface area contributed by atoms with Crippen LogP contribution in [0.15, 0.2) is 0 Å². The van der Waals surface area contributed by atoms with Gasteiger partial charge in [0.1, 0.15) is 13.2 Å². The summed E-state index contributed by atoms with van der Waals surface area (Å²) in [7, 11) is 0. The Balaban J connectivity index is 4.10. The van der Waals surface area contributed by atoms with Crippen LogP contribution in [0.5, 0.6) is 0 Å². The average Bonchev–Trinajstić information content (AvgIpc) is 2.31. The zero-order chi connectivity index (χ0) is 15.3. The number of alkyl halides is 4. The van der Waals surface area contributed by atoms with Crippen LogP contribution in [0.3, 0.4) is 0 Å². The van der Waals surface area contributed by atoms with Crippen LogP contribution >= 0.6 is 0 Å². The molecule has 0 fully saturated rings. The number of carbonyl (C=O) groups excluding carboxylic acids is 2. The van der Waals surface area contributed by atoms with Crippen molar-refractivity contribution in [2.45, 2.75) is 32.3 Å². The molecule has 0 aromatic carbocycles. The van der Waals surface area contributed by atoms with E-state index in [9.17, 15) is 27.2 Å². The second-order valence-corrected chi connectivity index (χ2v) is 3.73. The van der Waals surface area contributed by atoms with Crippen molar-refractivity contribution in [1.82, 2.24) is 0 Å². The normalized spacial score (nSPS) is 16.4. The molecule has 5 nitrogen and oxygen atoms in total. The van der Waals surface area contributed by atoms with Gasteiger partial charge in [0.2, 0.25) is 0 Å². The molecule has 0 bridgehead atoms. The standard InChI is InChI=1S/C10H14F4O5/c1-3-6(2)7(15)18-4-5-19-8(16)9(11,17)10(12,13)14/h6,17H,3-5H2,1-2H3. The summed E-state index contributed by atoms with van der Waals surface area (Å²) in [4.78, 5) is 21.7. The molecule has 2 unspecified atom stereocenters. The van der Waals surface area contributed by atoms with Gasteiger partial charge >= 0.3 is 24.0 Å². The number of esters is 2. The molecule has 0 amide bonds. The molecular formula is C10H14F4O5. The van der Waals surface area contributed by atoms with Gasteiger partial charge in [-0.15, -0.1) is 0 Å². The molecule has 0 rings (SSSR count). The first-order valence-electron chi connectivity index (χ1n) is 5.35. The van der Waals surface area contributed by atoms with E-state index in [1.54, 1.807) is 13.8 Å². The summed E-state index contributed by atoms with van der Waals surface area (Å²) >= 11 is 0. The Labute approximate surface area is 106 Å². The van der Waals surface area contributed by atoms with Gasteiger partial charge in [-0.05, 0) is 6.42 Å². The largest absolute Gasteiger partial charge is 0.462 e. The van der Waals surface area contributed by atoms with E-state index >= 15 is 0 Å². The first-order valence-corrected chi connectivity index (χ1v) is 5.35. The molecule has 0 spiro atoms. The Hall–Kier alpha value is -1.38. The van der Waals surface area contributed by atoms with Crippen LogP contribution in [0.4, 0.5) is 17.6 Å². The first kappa shape index (κ1) is 17.6. The maximum atomic E-state index is 12.6. The molecular weight excluding hydrogens is 276 g/mol. The third kappa shape index (κ3) is 5.01. The van der Waals surface area contributed by atoms with Crippen molar-refractivity contribution in [3.63, 3.8) is 0 Å². The minimum absolute atomic E-state index is 0.413. The maximum absolute atomic E-state index is 12.6. The van der Waals surface area contributed by atoms with Crippen molar-refractivity contribution in [3.8, 4) is 0 Å². The molecule has 112 valence electrons. The summed E-state index contributed by atoms with van der Waals surface area (Å²) in [6, 6.07) is 0. The van der Waals surface area contributed by atoms with Gasteiger partial charge in [0.05, 0.1) is 5.92 Å². The van der Waals surface area contributed by atoms with E-state index < -0.39 is 43.1 Å². The van der Waals surface area contributed by atoms with Crippen molar-refractivity contribution in [2.75, 3.05) is 13.2 Å². The van der Waals surface area contributed by atoms with Crippen LogP contribution in [0.2, 0.25) is 0 Å². The monoisotopic (exact) mass is 290 g/mol. The molecule has 0 aromatic rings. The molecule has 0 aliphatic carbocycles. The average molecular weight is 290 g/mol. The molecule has 2 atom stereocenters. The summed E-state index contributed by atoms with van der Waals surface area (Å²) < 4.78 is 56.6. The Morgan fingerprint density at radius 1 is 1.16 bits per heavy atom. The minimum Gasteiger partial charge on any atom is -0.462 e. The van der Waals surface area contributed by atoms with Crippen LogP contribution in [0.1, 0.15) is 20.3 Å². The SMILES string of the molecule is CCC(C)C(=O)OCCOC(=O)C(O)(F)C(F)(F)F. The lowest BCUT2D eigenvalue weighted by atomic mass is 10.1. The lowest BCUT2D eigenvalue weighted by Crippen LogP contribution is -2.49. The van der Waals surface area contributed by atoms with Gasteiger partial charge in [0, 0.05) is 0 Å². The van der Waals surface area contributed by atoms with Gasteiger partial charge in [-0.3, -0.25) is 4.79 Å². The van der Waals surface area contributed by atoms with Crippen LogP contribution in [-0.2, 0) is 19.1 Å². The van der Waals surface area contributed by atoms with Crippen LogP contribution in [0, 0.1) is 5.92 Å². The Kier molecular flexibility index (Phi) is 6.20. The van der Waals surface area contributed by atoms with Gasteiger partial charge in [0.25, 0.3) is 0 Å². The van der Waals surface area contributed by atoms with Crippen molar-refractivity contribution >= 4 is 11.9 Å². The third-order valence-corrected chi connectivity index (χ3v) is 2.22. The second kappa shape index (κ2) is 6.69. The highest BCUT2D eigenvalue weighted by molar-refractivity contribution is 5.78. The first-order chi connectivity index (χ1) is 8.54. The predicted molar refractivity (Wildman–Crippen MR) is 53.5 cm³/mol. The number of aliphatic hydroxyl groups is 1. The number of carbonyl (C=O) groups is 2. The Morgan fingerprint density at radius 3 is 2.05 bits per heavy atom. The van der Waals surface area contributed by atoms with Crippen molar-refractivity contribution in [1.29, 1.82) is 0 Å². The molecule has 9 heteroatoms. The summed E-state index contributed by atoms with van der Waals surface area (Å²) in [6.07, 6.45) is -5.30. The topological polar surface area (TPSA) is 72.8 Å². The third-order valence-electron chi connectivity index (χ3n) is 2.22. The number of rotatable bonds is 6. The van der Waals surface area contributed by atoms with Gasteiger partial charge < -0.3 is 14.6 Å². The molecule has 0 aliphatic heterocycles. The molecule has 0 heterocycles. The Bertz CT molecular complexity index is 326. The van der Waals surface area contributed by atoms with Crippen LogP contribution in [-0.4, -0.2) is 42.3 Å². The molecule has 0 radical (unpaired) electrons. The van der Waals surface area contributed by atoms with E-state index in [2.05, 4.69) is 9.47 Å². The van der Waals surface area contributed by atoms with Crippen molar-refractivity contribution < 1.29 is 41.7 Å². The molecule has 0 saturated heterocycles. The fraction of sp³-hybridized carbons (Fsp3) is 0.800. The molecule has 1 N–H and O–H groups in total. The van der Waals surface area contributed by atoms with Crippen LogP contribution in [0.25, 0.3) is 0 Å². The molecule has 0 aliphatic rings. The van der Waals surface area contributed by atoms with E-state index in [-0.39, 0.29) is 0 Å². The van der Waals surface area contributed by atoms with E-state index in [1.165, 1.54) is 0 Å². The predicted octanol–water partition coefficient (Wildman–Crippen LogP) is 1.34. The fourth-order valence-electron chi connectivity index (χ4n) is 0.797. The quantitative estimate of drug-likeness (QED) is 0.454. The van der Waals surface area contributed by atoms with Gasteiger partial charge in [-0.1, -0.05) is 13.8 Å². The van der Waals surface area contributed by atoms with Gasteiger partial charge in [-0.25, -0.2) is 4.79 Å². The highest BCUT2D eigenvalue weighted by Crippen LogP contribution is 2.32. The Morgan fingerprint density at radius 2 is 1.63 bits per heavy atom. The van der Waals surface area contributed by atoms with E-state index in [0.29, 0.717) is 6.42 Å². The minimum atomic E-state index is -5.79. The molecule has 19 heavy (non-hydrogen) atoms. The zero-order valence-electron chi connectivity index (χ0n) is 10.3. The lowest BCUT2D eigenvalue weighted by Gasteiger charge is -2.19. The summed E-state index contributed by atoms with van der Waals surface area (Å²) in [5, 5.41) is 8.28. The van der Waals surface area contributed by atoms with E-state index in [4.69, 9.17) is 5.11 Å². The smallest absolute Gasteiger partial charge is 0.460 e. The van der Waals surface area contributed by atoms with Crippen LogP contribution < -0.4 is 0 Å². The van der Waals surface area contributed by atoms with Gasteiger partial charge in [0.15, 0.2) is 0 Å². The lowest BCUT2D eigenvalue weighted by molar-refractivity contribution is -0.308. The number of hydrogen-bond acceptors (Lipinski definition) is 5. The van der Waals surface area contributed by atoms with E-state index in [0.717, 1.165) is 0 Å². The summed E-state index contributed by atoms with van der Waals surface area (Å²) in [6.45, 7) is 1.98. The fourth-order valence-corrected chi connectivity index (χ4v) is 0.797. The molecule has 0 saturated carbocycles. The number of hydrogen-bond donors (Lipinski definition) is 1. The van der Waals surface area contributed by atoms with Gasteiger partial charge in [-0.2, -0.15) is 17.6 Å². The number of halogens is 4. The zero-order valence-corrected chi connectivity index (χ0v) is 10.3. The van der Waals surface area contributed by atoms with Crippen molar-refractivity contribution in [3.05, 3.63) is 0 Å². The number of ether oxygens (including phenoxy) is 2. The van der Waals surface area contributed by atoms with Crippen molar-refractivity contribution in [2.24, 2.45) is 5.92 Å². The maximum Gasteiger partial charge on any atom is 0.460 e. The second-order valence-electron chi connectivity index (χ2n) is 3.73. The highest BCUT2D eigenvalue weighted by Gasteiger charge is 2.62.